The number of hydrogen-bond acceptors (Lipinski definition) is 9. The molecule has 1 aromatic rings. The molecule has 25 heavy (non-hydrogen) atoms. The van der Waals surface area contributed by atoms with E-state index >= 15 is 0 Å². The standard InChI is InChI=1S/C15H23N3O7/c1-8(2)4-6-24-13(22)15(12(21)11(20)9(7-19)25-15)18-5-3-10(16)17-14(18)23/h3,5,8-9,11-12,19-21H,4,6-7H2,1-2H3,(H2,16,17,23)/t9-,11-,12-,15+/m1/s1. The SMILES string of the molecule is CC(C)CCOC(=O)[C@@]1(n2ccc(N)nc2=O)O[C@H](CO)[C@@H](O)[C@H]1O. The third kappa shape index (κ3) is 3.52. The van der Waals surface area contributed by atoms with E-state index in [1.165, 1.54) is 6.07 Å². The van der Waals surface area contributed by atoms with Crippen molar-refractivity contribution in [1.29, 1.82) is 0 Å². The number of aliphatic hydroxyl groups is 3. The summed E-state index contributed by atoms with van der Waals surface area (Å²) in [5.74, 6) is -0.893. The van der Waals surface area contributed by atoms with Gasteiger partial charge in [0.05, 0.1) is 13.2 Å². The number of nitrogens with two attached hydrogens (primary N) is 1. The summed E-state index contributed by atoms with van der Waals surface area (Å²) >= 11 is 0. The fourth-order valence-electron chi connectivity index (χ4n) is 2.58. The van der Waals surface area contributed by atoms with Gasteiger partial charge in [-0.05, 0) is 18.4 Å². The third-order valence-corrected chi connectivity index (χ3v) is 4.02. The summed E-state index contributed by atoms with van der Waals surface area (Å²) in [7, 11) is 0. The van der Waals surface area contributed by atoms with Gasteiger partial charge in [-0.25, -0.2) is 9.59 Å². The Labute approximate surface area is 143 Å². The maximum atomic E-state index is 12.7. The zero-order chi connectivity index (χ0) is 18.8. The van der Waals surface area contributed by atoms with Crippen LogP contribution in [0, 0.1) is 5.92 Å². The molecule has 10 heteroatoms. The average Bonchev–Trinajstić information content (AvgIpc) is 2.80. The van der Waals surface area contributed by atoms with Crippen LogP contribution < -0.4 is 11.4 Å². The molecule has 0 unspecified atom stereocenters. The Hall–Kier alpha value is -2.01. The average molecular weight is 357 g/mol. The Morgan fingerprint density at radius 3 is 2.72 bits per heavy atom. The van der Waals surface area contributed by atoms with Gasteiger partial charge in [0.1, 0.15) is 24.1 Å². The van der Waals surface area contributed by atoms with Crippen LogP contribution in [0.3, 0.4) is 0 Å². The highest BCUT2D eigenvalue weighted by atomic mass is 16.6. The molecule has 0 aliphatic carbocycles. The van der Waals surface area contributed by atoms with Crippen LogP contribution >= 0.6 is 0 Å². The molecule has 1 aromatic heterocycles. The van der Waals surface area contributed by atoms with Gasteiger partial charge in [-0.2, -0.15) is 4.98 Å². The molecule has 0 radical (unpaired) electrons. The Bertz CT molecular complexity index is 677. The summed E-state index contributed by atoms with van der Waals surface area (Å²) in [6.07, 6.45) is -3.06. The number of aliphatic hydroxyl groups excluding tert-OH is 3. The Morgan fingerprint density at radius 2 is 2.20 bits per heavy atom. The normalized spacial score (nSPS) is 29.1. The molecule has 0 amide bonds. The fourth-order valence-corrected chi connectivity index (χ4v) is 2.58. The minimum Gasteiger partial charge on any atom is -0.462 e. The second kappa shape index (κ2) is 7.48. The molecule has 0 aromatic carbocycles. The molecule has 1 saturated heterocycles. The van der Waals surface area contributed by atoms with Crippen molar-refractivity contribution in [3.8, 4) is 0 Å². The largest absolute Gasteiger partial charge is 0.462 e. The van der Waals surface area contributed by atoms with E-state index in [4.69, 9.17) is 15.2 Å². The summed E-state index contributed by atoms with van der Waals surface area (Å²) in [5.41, 5.74) is 2.11. The van der Waals surface area contributed by atoms with Crippen LogP contribution in [0.2, 0.25) is 0 Å². The van der Waals surface area contributed by atoms with Gasteiger partial charge in [0.25, 0.3) is 5.72 Å². The van der Waals surface area contributed by atoms with Crippen LogP contribution in [0.15, 0.2) is 17.1 Å². The molecule has 1 aliphatic rings. The maximum absolute atomic E-state index is 12.7. The van der Waals surface area contributed by atoms with Crippen LogP contribution in [0.25, 0.3) is 0 Å². The first kappa shape index (κ1) is 19.3. The first-order valence-corrected chi connectivity index (χ1v) is 7.91. The number of anilines is 1. The van der Waals surface area contributed by atoms with Gasteiger partial charge < -0.3 is 30.5 Å². The van der Waals surface area contributed by atoms with E-state index in [1.807, 2.05) is 13.8 Å². The van der Waals surface area contributed by atoms with Crippen molar-refractivity contribution >= 4 is 11.8 Å². The van der Waals surface area contributed by atoms with E-state index in [-0.39, 0.29) is 18.3 Å². The third-order valence-electron chi connectivity index (χ3n) is 4.02. The quantitative estimate of drug-likeness (QED) is 0.430. The lowest BCUT2D eigenvalue weighted by Crippen LogP contribution is -2.56. The van der Waals surface area contributed by atoms with Crippen molar-refractivity contribution in [2.45, 2.75) is 44.3 Å². The van der Waals surface area contributed by atoms with Gasteiger partial charge in [-0.15, -0.1) is 0 Å². The van der Waals surface area contributed by atoms with Crippen LogP contribution in [-0.2, 0) is 20.0 Å². The minimum atomic E-state index is -2.36. The number of nitrogen functional groups attached to an aromatic ring is 1. The lowest BCUT2D eigenvalue weighted by molar-refractivity contribution is -0.202. The second-order valence-electron chi connectivity index (χ2n) is 6.29. The van der Waals surface area contributed by atoms with E-state index in [0.29, 0.717) is 11.0 Å². The lowest BCUT2D eigenvalue weighted by atomic mass is 10.0. The minimum absolute atomic E-state index is 0.0331. The highest BCUT2D eigenvalue weighted by molar-refractivity contribution is 5.78. The maximum Gasteiger partial charge on any atom is 0.363 e. The fraction of sp³-hybridized carbons (Fsp3) is 0.667. The molecular weight excluding hydrogens is 334 g/mol. The number of nitrogens with zero attached hydrogens (tertiary/aromatic N) is 2. The summed E-state index contributed by atoms with van der Waals surface area (Å²) in [6, 6.07) is 1.24. The zero-order valence-electron chi connectivity index (χ0n) is 14.0. The number of esters is 1. The number of aromatic nitrogens is 2. The molecule has 2 rings (SSSR count). The first-order chi connectivity index (χ1) is 11.7. The van der Waals surface area contributed by atoms with Gasteiger partial charge in [0.15, 0.2) is 0 Å². The Balaban J connectivity index is 2.45. The number of rotatable bonds is 6. The van der Waals surface area contributed by atoms with E-state index in [2.05, 4.69) is 4.98 Å². The van der Waals surface area contributed by atoms with Crippen molar-refractivity contribution in [1.82, 2.24) is 9.55 Å². The first-order valence-electron chi connectivity index (χ1n) is 7.91. The molecule has 10 nitrogen and oxygen atoms in total. The second-order valence-corrected chi connectivity index (χ2v) is 6.29. The van der Waals surface area contributed by atoms with E-state index < -0.39 is 42.3 Å². The monoisotopic (exact) mass is 357 g/mol. The van der Waals surface area contributed by atoms with Gasteiger partial charge in [0, 0.05) is 6.20 Å². The molecule has 1 fully saturated rings. The Kier molecular flexibility index (Phi) is 5.78. The molecule has 4 atom stereocenters. The number of carbonyl (C=O) groups is 1. The highest BCUT2D eigenvalue weighted by Crippen LogP contribution is 2.36. The van der Waals surface area contributed by atoms with Gasteiger partial charge in [-0.1, -0.05) is 13.8 Å². The number of ether oxygens (including phenoxy) is 2. The molecule has 0 bridgehead atoms. The van der Waals surface area contributed by atoms with E-state index in [0.717, 1.165) is 6.20 Å². The number of hydrogen-bond donors (Lipinski definition) is 4. The zero-order valence-corrected chi connectivity index (χ0v) is 14.0. The van der Waals surface area contributed by atoms with Crippen molar-refractivity contribution in [2.75, 3.05) is 18.9 Å². The topological polar surface area (TPSA) is 157 Å². The van der Waals surface area contributed by atoms with Crippen LogP contribution in [0.4, 0.5) is 5.82 Å². The molecule has 5 N–H and O–H groups in total. The number of carbonyl (C=O) groups excluding carboxylic acids is 1. The molecule has 140 valence electrons. The van der Waals surface area contributed by atoms with Crippen molar-refractivity contribution < 1.29 is 29.6 Å². The summed E-state index contributed by atoms with van der Waals surface area (Å²) in [6.45, 7) is 3.23. The molecule has 0 saturated carbocycles. The summed E-state index contributed by atoms with van der Waals surface area (Å²) in [5, 5.41) is 29.8. The van der Waals surface area contributed by atoms with Crippen LogP contribution in [-0.4, -0.2) is 62.4 Å². The predicted molar refractivity (Wildman–Crippen MR) is 85.3 cm³/mol. The molecule has 0 spiro atoms. The molecular formula is C15H23N3O7. The Morgan fingerprint density at radius 1 is 1.52 bits per heavy atom. The van der Waals surface area contributed by atoms with Gasteiger partial charge >= 0.3 is 11.7 Å². The highest BCUT2D eigenvalue weighted by Gasteiger charge is 2.62. The van der Waals surface area contributed by atoms with Crippen LogP contribution in [0.1, 0.15) is 20.3 Å². The van der Waals surface area contributed by atoms with E-state index in [1.54, 1.807) is 0 Å². The van der Waals surface area contributed by atoms with Crippen molar-refractivity contribution in [3.63, 3.8) is 0 Å². The van der Waals surface area contributed by atoms with E-state index in [9.17, 15) is 24.9 Å². The predicted octanol–water partition coefficient (Wildman–Crippen LogP) is -1.82. The van der Waals surface area contributed by atoms with Gasteiger partial charge in [0.2, 0.25) is 0 Å². The van der Waals surface area contributed by atoms with Crippen molar-refractivity contribution in [3.05, 3.63) is 22.7 Å². The lowest BCUT2D eigenvalue weighted by Gasteiger charge is -2.31. The molecule has 2 heterocycles. The summed E-state index contributed by atoms with van der Waals surface area (Å²) < 4.78 is 11.3. The molecule has 1 aliphatic heterocycles. The van der Waals surface area contributed by atoms with Crippen molar-refractivity contribution in [2.24, 2.45) is 5.92 Å². The van der Waals surface area contributed by atoms with Crippen LogP contribution in [0.5, 0.6) is 0 Å². The van der Waals surface area contributed by atoms with Gasteiger partial charge in [-0.3, -0.25) is 4.57 Å². The smallest absolute Gasteiger partial charge is 0.363 e. The summed E-state index contributed by atoms with van der Waals surface area (Å²) in [4.78, 5) is 28.4.